The number of aryl methyl sites for hydroxylation is 2. The quantitative estimate of drug-likeness (QED) is 0.347. The van der Waals surface area contributed by atoms with E-state index in [2.05, 4.69) is 4.98 Å². The molecule has 0 aliphatic rings. The van der Waals surface area contributed by atoms with E-state index in [1.54, 1.807) is 6.92 Å². The van der Waals surface area contributed by atoms with Crippen molar-refractivity contribution in [2.75, 3.05) is 12.4 Å². The van der Waals surface area contributed by atoms with Crippen molar-refractivity contribution in [2.45, 2.75) is 24.8 Å². The molecule has 0 radical (unpaired) electrons. The van der Waals surface area contributed by atoms with Gasteiger partial charge in [-0.15, -0.1) is 11.8 Å². The number of aromatic nitrogens is 1. The molecule has 0 amide bonds. The Hall–Kier alpha value is -1.11. The monoisotopic (exact) mass is 255 g/mol. The van der Waals surface area contributed by atoms with Crippen LogP contribution in [0.3, 0.4) is 0 Å². The van der Waals surface area contributed by atoms with Gasteiger partial charge in [0.05, 0.1) is 18.3 Å². The first kappa shape index (κ1) is 14.0. The lowest BCUT2D eigenvalue weighted by Crippen LogP contribution is -2.18. The van der Waals surface area contributed by atoms with E-state index < -0.39 is 6.10 Å². The highest BCUT2D eigenvalue weighted by atomic mass is 32.2. The maximum atomic E-state index is 9.32. The van der Waals surface area contributed by atoms with Crippen LogP contribution in [-0.2, 0) is 0 Å². The topological polar surface area (TPSA) is 103 Å². The Bertz CT molecular complexity index is 423. The second-order valence-corrected chi connectivity index (χ2v) is 4.85. The molecule has 0 aliphatic heterocycles. The lowest BCUT2D eigenvalue weighted by Gasteiger charge is -2.13. The molecule has 1 aromatic heterocycles. The van der Waals surface area contributed by atoms with Crippen molar-refractivity contribution in [3.8, 4) is 0 Å². The minimum Gasteiger partial charge on any atom is -0.394 e. The zero-order valence-corrected chi connectivity index (χ0v) is 10.7. The third-order valence-corrected chi connectivity index (χ3v) is 3.39. The summed E-state index contributed by atoms with van der Waals surface area (Å²) >= 11 is 1.37. The highest BCUT2D eigenvalue weighted by molar-refractivity contribution is 7.99. The first-order valence-electron chi connectivity index (χ1n) is 5.20. The molecule has 1 heterocycles. The zero-order chi connectivity index (χ0) is 13.0. The second kappa shape index (κ2) is 6.00. The van der Waals surface area contributed by atoms with Crippen molar-refractivity contribution in [3.05, 3.63) is 23.0 Å². The molecule has 5 N–H and O–H groups in total. The standard InChI is InChI=1S/C11H17N3O2S/c1-6-3-9(17-5-8(16)4-15)10(11(12)13)7(2)14-6/h3,8,15-16H,4-5H2,1-2H3,(H3,12,13). The molecule has 0 spiro atoms. The van der Waals surface area contributed by atoms with Gasteiger partial charge in [-0.05, 0) is 19.9 Å². The van der Waals surface area contributed by atoms with Gasteiger partial charge in [-0.3, -0.25) is 10.4 Å². The molecule has 1 atom stereocenters. The van der Waals surface area contributed by atoms with Gasteiger partial charge in [0.2, 0.25) is 0 Å². The Balaban J connectivity index is 3.00. The van der Waals surface area contributed by atoms with E-state index in [1.807, 2.05) is 13.0 Å². The first-order chi connectivity index (χ1) is 7.95. The average Bonchev–Trinajstić information content (AvgIpc) is 2.24. The summed E-state index contributed by atoms with van der Waals surface area (Å²) in [5, 5.41) is 25.6. The third kappa shape index (κ3) is 3.69. The van der Waals surface area contributed by atoms with Crippen LogP contribution in [0.1, 0.15) is 17.0 Å². The molecule has 6 heteroatoms. The van der Waals surface area contributed by atoms with Gasteiger partial charge in [0, 0.05) is 22.0 Å². The summed E-state index contributed by atoms with van der Waals surface area (Å²) in [6, 6.07) is 1.83. The van der Waals surface area contributed by atoms with E-state index in [0.717, 1.165) is 10.6 Å². The molecule has 0 aliphatic carbocycles. The number of nitrogens with one attached hydrogen (secondary N) is 1. The summed E-state index contributed by atoms with van der Waals surface area (Å²) < 4.78 is 0. The Labute approximate surface area is 105 Å². The Morgan fingerprint density at radius 2 is 2.24 bits per heavy atom. The van der Waals surface area contributed by atoms with E-state index >= 15 is 0 Å². The Morgan fingerprint density at radius 3 is 2.76 bits per heavy atom. The number of hydrogen-bond acceptors (Lipinski definition) is 5. The summed E-state index contributed by atoms with van der Waals surface area (Å²) in [6.07, 6.45) is -0.770. The fourth-order valence-electron chi connectivity index (χ4n) is 1.47. The number of hydrogen-bond donors (Lipinski definition) is 4. The number of amidine groups is 1. The molecule has 0 saturated heterocycles. The predicted molar refractivity (Wildman–Crippen MR) is 68.5 cm³/mol. The number of aliphatic hydroxyl groups is 2. The van der Waals surface area contributed by atoms with Crippen LogP contribution in [0.2, 0.25) is 0 Å². The van der Waals surface area contributed by atoms with Gasteiger partial charge in [0.1, 0.15) is 5.84 Å². The summed E-state index contributed by atoms with van der Waals surface area (Å²) in [6.45, 7) is 3.39. The summed E-state index contributed by atoms with van der Waals surface area (Å²) in [7, 11) is 0. The van der Waals surface area contributed by atoms with Gasteiger partial charge in [-0.2, -0.15) is 0 Å². The van der Waals surface area contributed by atoms with Gasteiger partial charge >= 0.3 is 0 Å². The summed E-state index contributed by atoms with van der Waals surface area (Å²) in [5.41, 5.74) is 7.67. The van der Waals surface area contributed by atoms with Crippen molar-refractivity contribution in [2.24, 2.45) is 5.73 Å². The van der Waals surface area contributed by atoms with Crippen molar-refractivity contribution in [1.82, 2.24) is 4.98 Å². The van der Waals surface area contributed by atoms with Gasteiger partial charge in [-0.25, -0.2) is 0 Å². The summed E-state index contributed by atoms with van der Waals surface area (Å²) in [5.74, 6) is 0.329. The highest BCUT2D eigenvalue weighted by Crippen LogP contribution is 2.25. The van der Waals surface area contributed by atoms with Crippen molar-refractivity contribution >= 4 is 17.6 Å². The van der Waals surface area contributed by atoms with Crippen molar-refractivity contribution < 1.29 is 10.2 Å². The predicted octanol–water partition coefficient (Wildman–Crippen LogP) is 0.428. The van der Waals surface area contributed by atoms with Crippen molar-refractivity contribution in [3.63, 3.8) is 0 Å². The molecule has 5 nitrogen and oxygen atoms in total. The number of aliphatic hydroxyl groups excluding tert-OH is 2. The molecule has 0 bridgehead atoms. The van der Waals surface area contributed by atoms with Crippen LogP contribution >= 0.6 is 11.8 Å². The molecule has 0 fully saturated rings. The van der Waals surface area contributed by atoms with Crippen LogP contribution in [0.15, 0.2) is 11.0 Å². The van der Waals surface area contributed by atoms with Crippen molar-refractivity contribution in [1.29, 1.82) is 5.41 Å². The molecule has 1 rings (SSSR count). The summed E-state index contributed by atoms with van der Waals surface area (Å²) in [4.78, 5) is 5.07. The van der Waals surface area contributed by atoms with Crippen LogP contribution in [0.25, 0.3) is 0 Å². The van der Waals surface area contributed by atoms with Gasteiger partial charge in [0.15, 0.2) is 0 Å². The molecule has 0 saturated carbocycles. The SMILES string of the molecule is Cc1cc(SCC(O)CO)c(C(=N)N)c(C)n1. The van der Waals surface area contributed by atoms with Gasteiger partial charge < -0.3 is 15.9 Å². The van der Waals surface area contributed by atoms with Crippen LogP contribution in [0.5, 0.6) is 0 Å². The fourth-order valence-corrected chi connectivity index (χ4v) is 2.61. The average molecular weight is 255 g/mol. The van der Waals surface area contributed by atoms with E-state index in [0.29, 0.717) is 17.0 Å². The molecule has 94 valence electrons. The van der Waals surface area contributed by atoms with E-state index in [9.17, 15) is 5.11 Å². The van der Waals surface area contributed by atoms with Crippen LogP contribution < -0.4 is 5.73 Å². The fraction of sp³-hybridized carbons (Fsp3) is 0.455. The second-order valence-electron chi connectivity index (χ2n) is 3.78. The van der Waals surface area contributed by atoms with E-state index in [1.165, 1.54) is 11.8 Å². The number of nitrogen functional groups attached to an aromatic ring is 1. The number of rotatable bonds is 5. The van der Waals surface area contributed by atoms with Crippen LogP contribution in [0, 0.1) is 19.3 Å². The maximum absolute atomic E-state index is 9.32. The normalized spacial score (nSPS) is 12.5. The molecular formula is C11H17N3O2S. The largest absolute Gasteiger partial charge is 0.394 e. The smallest absolute Gasteiger partial charge is 0.125 e. The van der Waals surface area contributed by atoms with Crippen LogP contribution in [0.4, 0.5) is 0 Å². The van der Waals surface area contributed by atoms with E-state index in [4.69, 9.17) is 16.2 Å². The number of nitrogens with zero attached hydrogens (tertiary/aromatic N) is 1. The van der Waals surface area contributed by atoms with Gasteiger partial charge in [0.25, 0.3) is 0 Å². The third-order valence-electron chi connectivity index (χ3n) is 2.20. The highest BCUT2D eigenvalue weighted by Gasteiger charge is 2.13. The minimum absolute atomic E-state index is 0.0315. The zero-order valence-electron chi connectivity index (χ0n) is 9.90. The maximum Gasteiger partial charge on any atom is 0.125 e. The van der Waals surface area contributed by atoms with E-state index in [-0.39, 0.29) is 12.4 Å². The molecule has 1 aromatic rings. The molecular weight excluding hydrogens is 238 g/mol. The minimum atomic E-state index is -0.770. The van der Waals surface area contributed by atoms with Gasteiger partial charge in [-0.1, -0.05) is 0 Å². The molecule has 1 unspecified atom stereocenters. The number of nitrogens with two attached hydrogens (primary N) is 1. The van der Waals surface area contributed by atoms with Crippen LogP contribution in [-0.4, -0.2) is 39.5 Å². The number of thioether (sulfide) groups is 1. The lowest BCUT2D eigenvalue weighted by atomic mass is 10.1. The molecule has 17 heavy (non-hydrogen) atoms. The first-order valence-corrected chi connectivity index (χ1v) is 6.18. The Morgan fingerprint density at radius 1 is 1.59 bits per heavy atom. The number of pyridine rings is 1. The lowest BCUT2D eigenvalue weighted by molar-refractivity contribution is 0.113. The Kier molecular flexibility index (Phi) is 4.92. The molecule has 0 aromatic carbocycles.